The summed E-state index contributed by atoms with van der Waals surface area (Å²) >= 11 is 1.31. The molecular formula is C24H24F4N2O3S. The zero-order valence-corrected chi connectivity index (χ0v) is 19.6. The fourth-order valence-corrected chi connectivity index (χ4v) is 6.13. The molecule has 2 N–H and O–H groups in total. The molecule has 10 heteroatoms. The van der Waals surface area contributed by atoms with Gasteiger partial charge in [-0.25, -0.2) is 4.39 Å². The minimum atomic E-state index is -4.89. The number of ether oxygens (including phenoxy) is 1. The number of fused-ring (bicyclic) bond motifs is 2. The van der Waals surface area contributed by atoms with Gasteiger partial charge < -0.3 is 15.4 Å². The number of rotatable bonds is 5. The van der Waals surface area contributed by atoms with E-state index in [1.165, 1.54) is 18.4 Å². The van der Waals surface area contributed by atoms with Gasteiger partial charge in [0, 0.05) is 28.4 Å². The fourth-order valence-electron chi connectivity index (χ4n) is 5.35. The second-order valence-corrected chi connectivity index (χ2v) is 9.55. The molecule has 2 saturated carbocycles. The summed E-state index contributed by atoms with van der Waals surface area (Å²) in [5.74, 6) is -2.70. The monoisotopic (exact) mass is 496 g/mol. The molecule has 0 radical (unpaired) electrons. The molecule has 2 aromatic rings. The Balaban J connectivity index is 1.62. The van der Waals surface area contributed by atoms with Gasteiger partial charge in [-0.3, -0.25) is 9.59 Å². The predicted molar refractivity (Wildman–Crippen MR) is 120 cm³/mol. The lowest BCUT2D eigenvalue weighted by atomic mass is 9.83. The van der Waals surface area contributed by atoms with Gasteiger partial charge in [0.2, 0.25) is 5.91 Å². The van der Waals surface area contributed by atoms with Crippen LogP contribution in [0.25, 0.3) is 0 Å². The molecule has 1 aromatic heterocycles. The standard InChI is InChI=1S/C24H24F4N2O3S/c1-11(2)19-13-5-6-14(19)21(30-22(31)15-9-34-10-18(15)33-3)20(13)23(32)29-12-4-7-17(25)16(8-12)24(26,27)28/h4,7-10,13-14,20-21H,5-6H2,1-3H3,(H,29,32)(H,30,31)/t13?,14?,20-,21+/m0/s1. The van der Waals surface area contributed by atoms with Crippen molar-refractivity contribution in [3.63, 3.8) is 0 Å². The lowest BCUT2D eigenvalue weighted by Gasteiger charge is -2.30. The van der Waals surface area contributed by atoms with Crippen LogP contribution in [0.3, 0.4) is 0 Å². The van der Waals surface area contributed by atoms with Crippen molar-refractivity contribution in [2.75, 3.05) is 12.4 Å². The van der Waals surface area contributed by atoms with Crippen molar-refractivity contribution in [3.05, 3.63) is 57.0 Å². The highest BCUT2D eigenvalue weighted by molar-refractivity contribution is 7.08. The minimum absolute atomic E-state index is 0.0433. The van der Waals surface area contributed by atoms with E-state index in [2.05, 4.69) is 10.6 Å². The zero-order chi connectivity index (χ0) is 24.8. The van der Waals surface area contributed by atoms with Gasteiger partial charge in [0.15, 0.2) is 0 Å². The number of thiophene rings is 1. The molecule has 5 nitrogen and oxygen atoms in total. The van der Waals surface area contributed by atoms with E-state index in [4.69, 9.17) is 4.74 Å². The van der Waals surface area contributed by atoms with Crippen LogP contribution in [0, 0.1) is 23.6 Å². The molecule has 182 valence electrons. The average molecular weight is 497 g/mol. The second kappa shape index (κ2) is 9.05. The maximum Gasteiger partial charge on any atom is 0.419 e. The molecule has 4 atom stereocenters. The van der Waals surface area contributed by atoms with Crippen LogP contribution in [0.1, 0.15) is 42.6 Å². The van der Waals surface area contributed by atoms with Crippen molar-refractivity contribution in [1.29, 1.82) is 0 Å². The number of hydrogen-bond donors (Lipinski definition) is 2. The first kappa shape index (κ1) is 24.3. The third-order valence-electron chi connectivity index (χ3n) is 6.65. The van der Waals surface area contributed by atoms with Gasteiger partial charge in [-0.05, 0) is 50.8 Å². The van der Waals surface area contributed by atoms with E-state index in [-0.39, 0.29) is 23.4 Å². The van der Waals surface area contributed by atoms with Crippen LogP contribution < -0.4 is 15.4 Å². The van der Waals surface area contributed by atoms with Crippen LogP contribution in [0.15, 0.2) is 40.1 Å². The largest absolute Gasteiger partial charge is 0.495 e. The van der Waals surface area contributed by atoms with Crippen molar-refractivity contribution in [1.82, 2.24) is 5.32 Å². The van der Waals surface area contributed by atoms with E-state index in [0.717, 1.165) is 30.1 Å². The normalized spacial score (nSPS) is 23.7. The summed E-state index contributed by atoms with van der Waals surface area (Å²) < 4.78 is 58.3. The summed E-state index contributed by atoms with van der Waals surface area (Å²) in [5.41, 5.74) is 0.943. The van der Waals surface area contributed by atoms with Crippen molar-refractivity contribution in [3.8, 4) is 5.75 Å². The number of benzene rings is 1. The third kappa shape index (κ3) is 4.31. The molecule has 2 fully saturated rings. The van der Waals surface area contributed by atoms with Crippen LogP contribution in [0.5, 0.6) is 5.75 Å². The molecule has 2 amide bonds. The highest BCUT2D eigenvalue weighted by Crippen LogP contribution is 2.54. The van der Waals surface area contributed by atoms with Gasteiger partial charge in [0.25, 0.3) is 5.91 Å². The maximum absolute atomic E-state index is 13.7. The molecule has 2 unspecified atom stereocenters. The van der Waals surface area contributed by atoms with Gasteiger partial charge in [0.05, 0.1) is 24.2 Å². The quantitative estimate of drug-likeness (QED) is 0.416. The summed E-state index contributed by atoms with van der Waals surface area (Å²) in [6.07, 6.45) is -3.34. The first-order valence-electron chi connectivity index (χ1n) is 10.8. The summed E-state index contributed by atoms with van der Waals surface area (Å²) in [6.45, 7) is 3.91. The number of halogens is 4. The number of carbonyl (C=O) groups is 2. The Labute approximate surface area is 198 Å². The number of allylic oxidation sites excluding steroid dienone is 1. The van der Waals surface area contributed by atoms with Gasteiger partial charge in [-0.15, -0.1) is 11.3 Å². The molecule has 2 aliphatic carbocycles. The van der Waals surface area contributed by atoms with E-state index in [1.54, 1.807) is 10.8 Å². The van der Waals surface area contributed by atoms with Gasteiger partial charge in [0.1, 0.15) is 11.6 Å². The van der Waals surface area contributed by atoms with Crippen LogP contribution in [-0.2, 0) is 11.0 Å². The Morgan fingerprint density at radius 3 is 2.47 bits per heavy atom. The number of carbonyl (C=O) groups excluding carboxylic acids is 2. The molecule has 0 saturated heterocycles. The van der Waals surface area contributed by atoms with Gasteiger partial charge >= 0.3 is 6.18 Å². The molecule has 0 aliphatic heterocycles. The maximum atomic E-state index is 13.7. The Bertz CT molecular complexity index is 1150. The smallest absolute Gasteiger partial charge is 0.419 e. The Morgan fingerprint density at radius 1 is 1.12 bits per heavy atom. The summed E-state index contributed by atoms with van der Waals surface area (Å²) in [4.78, 5) is 26.4. The second-order valence-electron chi connectivity index (χ2n) is 8.81. The van der Waals surface area contributed by atoms with E-state index in [9.17, 15) is 27.2 Å². The molecule has 0 spiro atoms. The number of hydrogen-bond acceptors (Lipinski definition) is 4. The highest BCUT2D eigenvalue weighted by atomic mass is 32.1. The highest BCUT2D eigenvalue weighted by Gasteiger charge is 2.55. The summed E-state index contributed by atoms with van der Waals surface area (Å²) in [7, 11) is 1.46. The first-order chi connectivity index (χ1) is 16.0. The van der Waals surface area contributed by atoms with Crippen molar-refractivity contribution in [2.24, 2.45) is 17.8 Å². The topological polar surface area (TPSA) is 67.4 Å². The average Bonchev–Trinajstić information content (AvgIpc) is 3.47. The van der Waals surface area contributed by atoms with Crippen LogP contribution >= 0.6 is 11.3 Å². The van der Waals surface area contributed by atoms with E-state index >= 15 is 0 Å². The minimum Gasteiger partial charge on any atom is -0.495 e. The molecule has 1 heterocycles. The summed E-state index contributed by atoms with van der Waals surface area (Å²) in [6, 6.07) is 1.85. The third-order valence-corrected chi connectivity index (χ3v) is 7.37. The van der Waals surface area contributed by atoms with E-state index in [0.29, 0.717) is 23.4 Å². The van der Waals surface area contributed by atoms with Crippen LogP contribution in [-0.4, -0.2) is 25.0 Å². The lowest BCUT2D eigenvalue weighted by molar-refractivity contribution is -0.140. The zero-order valence-electron chi connectivity index (χ0n) is 18.8. The Kier molecular flexibility index (Phi) is 6.46. The van der Waals surface area contributed by atoms with Crippen LogP contribution in [0.2, 0.25) is 0 Å². The SMILES string of the molecule is COc1cscc1C(=O)N[C@@H]1C2CCC(C2=C(C)C)[C@@H]1C(=O)Nc1ccc(F)c(C(F)(F)F)c1. The molecule has 2 bridgehead atoms. The predicted octanol–water partition coefficient (Wildman–Crippen LogP) is 5.64. The molecule has 2 aliphatic rings. The number of alkyl halides is 3. The molecule has 1 aromatic carbocycles. The number of methoxy groups -OCH3 is 1. The van der Waals surface area contributed by atoms with Gasteiger partial charge in [-0.2, -0.15) is 13.2 Å². The number of nitrogens with one attached hydrogen (secondary N) is 2. The lowest BCUT2D eigenvalue weighted by Crippen LogP contribution is -2.48. The van der Waals surface area contributed by atoms with E-state index < -0.39 is 35.4 Å². The number of amides is 2. The molecule has 4 rings (SSSR count). The van der Waals surface area contributed by atoms with Crippen molar-refractivity contribution in [2.45, 2.75) is 38.9 Å². The van der Waals surface area contributed by atoms with Crippen molar-refractivity contribution < 1.29 is 31.9 Å². The first-order valence-corrected chi connectivity index (χ1v) is 11.7. The van der Waals surface area contributed by atoms with E-state index in [1.807, 2.05) is 13.8 Å². The molecule has 34 heavy (non-hydrogen) atoms. The van der Waals surface area contributed by atoms with Crippen molar-refractivity contribution >= 4 is 28.8 Å². The fraction of sp³-hybridized carbons (Fsp3) is 0.417. The Morgan fingerprint density at radius 2 is 1.82 bits per heavy atom. The number of anilines is 1. The molecular weight excluding hydrogens is 472 g/mol. The van der Waals surface area contributed by atoms with Crippen LogP contribution in [0.4, 0.5) is 23.2 Å². The Hall–Kier alpha value is -2.88. The van der Waals surface area contributed by atoms with Gasteiger partial charge in [-0.1, -0.05) is 11.1 Å². The summed E-state index contributed by atoms with van der Waals surface area (Å²) in [5, 5.41) is 8.88.